The van der Waals surface area contributed by atoms with Gasteiger partial charge in [0.15, 0.2) is 0 Å². The third kappa shape index (κ3) is 2.68. The quantitative estimate of drug-likeness (QED) is 0.674. The van der Waals surface area contributed by atoms with Crippen LogP contribution in [0.25, 0.3) is 0 Å². The van der Waals surface area contributed by atoms with E-state index in [2.05, 4.69) is 28.7 Å². The second-order valence-corrected chi connectivity index (χ2v) is 4.56. The molecule has 0 saturated heterocycles. The molecule has 0 spiro atoms. The molecule has 0 fully saturated rings. The van der Waals surface area contributed by atoms with Crippen LogP contribution in [0.4, 0.5) is 5.69 Å². The molecule has 2 rings (SSSR count). The zero-order valence-corrected chi connectivity index (χ0v) is 11.0. The fraction of sp³-hybridized carbons (Fsp3) is 0. The second-order valence-electron chi connectivity index (χ2n) is 3.40. The first-order chi connectivity index (χ1) is 8.20. The van der Waals surface area contributed by atoms with Crippen molar-refractivity contribution in [2.75, 3.05) is 5.73 Å². The topological polar surface area (TPSA) is 59.0 Å². The van der Waals surface area contributed by atoms with Gasteiger partial charge in [-0.1, -0.05) is 12.1 Å². The van der Waals surface area contributed by atoms with E-state index in [4.69, 9.17) is 15.7 Å². The number of nitriles is 1. The molecule has 0 heterocycles. The van der Waals surface area contributed by atoms with Crippen LogP contribution >= 0.6 is 22.6 Å². The maximum Gasteiger partial charge on any atom is 0.145 e. The minimum Gasteiger partial charge on any atom is -0.455 e. The molecular weight excluding hydrogens is 327 g/mol. The van der Waals surface area contributed by atoms with Crippen molar-refractivity contribution in [2.24, 2.45) is 0 Å². The summed E-state index contributed by atoms with van der Waals surface area (Å²) in [6.45, 7) is 0. The maximum atomic E-state index is 8.96. The highest BCUT2D eigenvalue weighted by Gasteiger charge is 2.06. The first-order valence-electron chi connectivity index (χ1n) is 4.92. The summed E-state index contributed by atoms with van der Waals surface area (Å²) in [6, 6.07) is 14.6. The maximum absolute atomic E-state index is 8.96. The summed E-state index contributed by atoms with van der Waals surface area (Å²) in [4.78, 5) is 0. The van der Waals surface area contributed by atoms with E-state index in [1.54, 1.807) is 30.3 Å². The van der Waals surface area contributed by atoms with Gasteiger partial charge in [0.05, 0.1) is 9.13 Å². The van der Waals surface area contributed by atoms with E-state index in [0.29, 0.717) is 22.7 Å². The van der Waals surface area contributed by atoms with Gasteiger partial charge in [-0.2, -0.15) is 5.26 Å². The lowest BCUT2D eigenvalue weighted by atomic mass is 10.2. The molecule has 0 saturated carbocycles. The summed E-state index contributed by atoms with van der Waals surface area (Å²) < 4.78 is 6.61. The first kappa shape index (κ1) is 11.7. The van der Waals surface area contributed by atoms with E-state index >= 15 is 0 Å². The fourth-order valence-corrected chi connectivity index (χ4v) is 2.02. The molecule has 4 heteroatoms. The average molecular weight is 336 g/mol. The highest BCUT2D eigenvalue weighted by Crippen LogP contribution is 2.29. The second kappa shape index (κ2) is 5.06. The predicted octanol–water partition coefficient (Wildman–Crippen LogP) is 3.54. The van der Waals surface area contributed by atoms with Gasteiger partial charge in [0.25, 0.3) is 0 Å². The molecule has 0 radical (unpaired) electrons. The Morgan fingerprint density at radius 3 is 2.59 bits per heavy atom. The lowest BCUT2D eigenvalue weighted by molar-refractivity contribution is 0.478. The molecule has 0 amide bonds. The Morgan fingerprint density at radius 2 is 1.88 bits per heavy atom. The smallest absolute Gasteiger partial charge is 0.145 e. The monoisotopic (exact) mass is 336 g/mol. The van der Waals surface area contributed by atoms with Gasteiger partial charge in [0, 0.05) is 5.69 Å². The zero-order chi connectivity index (χ0) is 12.3. The zero-order valence-electron chi connectivity index (χ0n) is 8.85. The molecule has 0 aliphatic carbocycles. The SMILES string of the molecule is N#Cc1ccccc1Oc1ccc(N)cc1I. The number of halogens is 1. The molecule has 84 valence electrons. The van der Waals surface area contributed by atoms with Crippen LogP contribution in [0.3, 0.4) is 0 Å². The molecule has 0 aliphatic heterocycles. The molecule has 2 aromatic rings. The Kier molecular flexibility index (Phi) is 3.49. The summed E-state index contributed by atoms with van der Waals surface area (Å²) in [5.74, 6) is 1.25. The van der Waals surface area contributed by atoms with E-state index in [-0.39, 0.29) is 0 Å². The van der Waals surface area contributed by atoms with E-state index in [1.165, 1.54) is 0 Å². The summed E-state index contributed by atoms with van der Waals surface area (Å²) >= 11 is 2.15. The number of ether oxygens (including phenoxy) is 1. The Morgan fingerprint density at radius 1 is 1.12 bits per heavy atom. The minimum absolute atomic E-state index is 0.514. The Bertz CT molecular complexity index is 590. The summed E-state index contributed by atoms with van der Waals surface area (Å²) in [5, 5.41) is 8.96. The van der Waals surface area contributed by atoms with Gasteiger partial charge in [0.1, 0.15) is 17.6 Å². The highest BCUT2D eigenvalue weighted by atomic mass is 127. The Balaban J connectivity index is 2.35. The van der Waals surface area contributed by atoms with Gasteiger partial charge in [-0.3, -0.25) is 0 Å². The van der Waals surface area contributed by atoms with Gasteiger partial charge in [-0.05, 0) is 52.9 Å². The van der Waals surface area contributed by atoms with E-state index in [0.717, 1.165) is 3.57 Å². The normalized spacial score (nSPS) is 9.65. The van der Waals surface area contributed by atoms with Crippen molar-refractivity contribution in [3.05, 3.63) is 51.6 Å². The number of nitrogens with zero attached hydrogens (tertiary/aromatic N) is 1. The first-order valence-corrected chi connectivity index (χ1v) is 6.00. The molecule has 0 aliphatic rings. The van der Waals surface area contributed by atoms with E-state index in [9.17, 15) is 0 Å². The molecular formula is C13H9IN2O. The summed E-state index contributed by atoms with van der Waals surface area (Å²) in [7, 11) is 0. The fourth-order valence-electron chi connectivity index (χ4n) is 1.37. The number of hydrogen-bond acceptors (Lipinski definition) is 3. The van der Waals surface area contributed by atoms with Crippen LogP contribution in [0.2, 0.25) is 0 Å². The van der Waals surface area contributed by atoms with Crippen LogP contribution in [0.5, 0.6) is 11.5 Å². The lowest BCUT2D eigenvalue weighted by Crippen LogP contribution is -1.92. The van der Waals surface area contributed by atoms with Crippen LogP contribution in [-0.4, -0.2) is 0 Å². The van der Waals surface area contributed by atoms with Crippen LogP contribution < -0.4 is 10.5 Å². The van der Waals surface area contributed by atoms with Gasteiger partial charge in [-0.15, -0.1) is 0 Å². The molecule has 0 unspecified atom stereocenters. The van der Waals surface area contributed by atoms with Crippen molar-refractivity contribution in [2.45, 2.75) is 0 Å². The minimum atomic E-state index is 0.514. The van der Waals surface area contributed by atoms with Crippen LogP contribution in [0.1, 0.15) is 5.56 Å². The molecule has 3 nitrogen and oxygen atoms in total. The van der Waals surface area contributed by atoms with Crippen LogP contribution in [-0.2, 0) is 0 Å². The lowest BCUT2D eigenvalue weighted by Gasteiger charge is -2.09. The molecule has 2 aromatic carbocycles. The van der Waals surface area contributed by atoms with Gasteiger partial charge in [0.2, 0.25) is 0 Å². The van der Waals surface area contributed by atoms with Gasteiger partial charge < -0.3 is 10.5 Å². The number of nitrogens with two attached hydrogens (primary N) is 1. The predicted molar refractivity (Wildman–Crippen MR) is 74.8 cm³/mol. The number of nitrogen functional groups attached to an aromatic ring is 1. The van der Waals surface area contributed by atoms with Crippen molar-refractivity contribution < 1.29 is 4.74 Å². The highest BCUT2D eigenvalue weighted by molar-refractivity contribution is 14.1. The third-order valence-electron chi connectivity index (χ3n) is 2.18. The van der Waals surface area contributed by atoms with Crippen LogP contribution in [0, 0.1) is 14.9 Å². The molecule has 2 N–H and O–H groups in total. The van der Waals surface area contributed by atoms with Crippen molar-refractivity contribution in [3.8, 4) is 17.6 Å². The van der Waals surface area contributed by atoms with Crippen LogP contribution in [0.15, 0.2) is 42.5 Å². The molecule has 0 bridgehead atoms. The largest absolute Gasteiger partial charge is 0.455 e. The number of anilines is 1. The molecule has 17 heavy (non-hydrogen) atoms. The number of rotatable bonds is 2. The molecule has 0 aromatic heterocycles. The number of benzene rings is 2. The van der Waals surface area contributed by atoms with Crippen molar-refractivity contribution in [3.63, 3.8) is 0 Å². The Labute approximate surface area is 113 Å². The summed E-state index contributed by atoms with van der Waals surface area (Å²) in [5.41, 5.74) is 6.87. The van der Waals surface area contributed by atoms with Gasteiger partial charge >= 0.3 is 0 Å². The van der Waals surface area contributed by atoms with Crippen molar-refractivity contribution in [1.82, 2.24) is 0 Å². The van der Waals surface area contributed by atoms with Crippen molar-refractivity contribution >= 4 is 28.3 Å². The van der Waals surface area contributed by atoms with Gasteiger partial charge in [-0.25, -0.2) is 0 Å². The molecule has 0 atom stereocenters. The van der Waals surface area contributed by atoms with E-state index in [1.807, 2.05) is 12.1 Å². The Hall–Kier alpha value is -1.74. The third-order valence-corrected chi connectivity index (χ3v) is 3.03. The van der Waals surface area contributed by atoms with Crippen molar-refractivity contribution in [1.29, 1.82) is 5.26 Å². The summed E-state index contributed by atoms with van der Waals surface area (Å²) in [6.07, 6.45) is 0. The number of para-hydroxylation sites is 1. The van der Waals surface area contributed by atoms with E-state index < -0.39 is 0 Å². The average Bonchev–Trinajstić information content (AvgIpc) is 2.33. The standard InChI is InChI=1S/C13H9IN2O/c14-11-7-10(16)5-6-13(11)17-12-4-2-1-3-9(12)8-15/h1-7H,16H2. The number of hydrogen-bond donors (Lipinski definition) is 1.